The molecule has 10 nitrogen and oxygen atoms in total. The van der Waals surface area contributed by atoms with E-state index in [9.17, 15) is 4.79 Å². The summed E-state index contributed by atoms with van der Waals surface area (Å²) < 4.78 is 13.8. The molecule has 32 heavy (non-hydrogen) atoms. The summed E-state index contributed by atoms with van der Waals surface area (Å²) in [6.45, 7) is 3.73. The van der Waals surface area contributed by atoms with Crippen molar-refractivity contribution < 1.29 is 13.9 Å². The van der Waals surface area contributed by atoms with E-state index in [-0.39, 0.29) is 23.5 Å². The van der Waals surface area contributed by atoms with Gasteiger partial charge in [0.2, 0.25) is 11.8 Å². The standard InChI is InChI=1S/C21H25N7O3S/c29-20(16-8-22-13-32-16)27-9-15(21(12-27)10-23-11-21)19-25-24-17(31-19)7-14-4-5-28(26-14)18-3-1-2-6-30-18/h4-5,8,13,15,18,23H,1-3,6-7,9-12H2. The van der Waals surface area contributed by atoms with Gasteiger partial charge in [-0.05, 0) is 25.3 Å². The number of thiazole rings is 1. The van der Waals surface area contributed by atoms with Crippen molar-refractivity contribution in [3.8, 4) is 0 Å². The zero-order chi connectivity index (χ0) is 21.5. The molecular weight excluding hydrogens is 430 g/mol. The molecule has 2 unspecified atom stereocenters. The average molecular weight is 456 g/mol. The number of nitrogens with zero attached hydrogens (tertiary/aromatic N) is 6. The van der Waals surface area contributed by atoms with Gasteiger partial charge in [0.15, 0.2) is 0 Å². The molecule has 0 saturated carbocycles. The first-order valence-corrected chi connectivity index (χ1v) is 11.9. The molecule has 0 aliphatic carbocycles. The molecule has 3 aliphatic heterocycles. The van der Waals surface area contributed by atoms with Gasteiger partial charge in [-0.25, -0.2) is 4.68 Å². The lowest BCUT2D eigenvalue weighted by atomic mass is 9.73. The van der Waals surface area contributed by atoms with Crippen LogP contribution < -0.4 is 5.32 Å². The fourth-order valence-corrected chi connectivity index (χ4v) is 5.53. The smallest absolute Gasteiger partial charge is 0.265 e. The van der Waals surface area contributed by atoms with Crippen LogP contribution >= 0.6 is 11.3 Å². The molecule has 0 aromatic carbocycles. The first-order valence-electron chi connectivity index (χ1n) is 11.1. The van der Waals surface area contributed by atoms with Gasteiger partial charge in [0.25, 0.3) is 5.91 Å². The van der Waals surface area contributed by atoms with Gasteiger partial charge in [-0.1, -0.05) is 0 Å². The number of likely N-dealkylation sites (tertiary alicyclic amines) is 1. The van der Waals surface area contributed by atoms with Crippen molar-refractivity contribution in [1.29, 1.82) is 0 Å². The molecule has 0 radical (unpaired) electrons. The maximum Gasteiger partial charge on any atom is 0.265 e. The monoisotopic (exact) mass is 455 g/mol. The highest BCUT2D eigenvalue weighted by Crippen LogP contribution is 2.45. The van der Waals surface area contributed by atoms with Crippen molar-refractivity contribution >= 4 is 17.2 Å². The minimum absolute atomic E-state index is 0.0160. The Balaban J connectivity index is 1.16. The summed E-state index contributed by atoms with van der Waals surface area (Å²) in [6.07, 6.45) is 7.34. The minimum Gasteiger partial charge on any atom is -0.424 e. The Labute approximate surface area is 189 Å². The molecule has 6 rings (SSSR count). The number of amides is 1. The summed E-state index contributed by atoms with van der Waals surface area (Å²) in [4.78, 5) is 19.5. The zero-order valence-corrected chi connectivity index (χ0v) is 18.5. The summed E-state index contributed by atoms with van der Waals surface area (Å²) in [6, 6.07) is 1.98. The molecule has 6 heterocycles. The van der Waals surface area contributed by atoms with Crippen LogP contribution in [-0.2, 0) is 11.2 Å². The molecule has 3 fully saturated rings. The van der Waals surface area contributed by atoms with Crippen LogP contribution in [0.4, 0.5) is 0 Å². The Morgan fingerprint density at radius 2 is 2.25 bits per heavy atom. The number of carbonyl (C=O) groups is 1. The van der Waals surface area contributed by atoms with E-state index < -0.39 is 0 Å². The lowest BCUT2D eigenvalue weighted by Crippen LogP contribution is -2.57. The van der Waals surface area contributed by atoms with Gasteiger partial charge < -0.3 is 19.4 Å². The van der Waals surface area contributed by atoms with Crippen molar-refractivity contribution in [2.75, 3.05) is 32.8 Å². The average Bonchev–Trinajstić information content (AvgIpc) is 3.59. The van der Waals surface area contributed by atoms with Crippen molar-refractivity contribution in [1.82, 2.24) is 35.2 Å². The predicted octanol–water partition coefficient (Wildman–Crippen LogP) is 1.84. The van der Waals surface area contributed by atoms with E-state index >= 15 is 0 Å². The molecule has 3 aromatic heterocycles. The van der Waals surface area contributed by atoms with Gasteiger partial charge in [-0.15, -0.1) is 21.5 Å². The number of carbonyl (C=O) groups excluding carboxylic acids is 1. The number of nitrogens with one attached hydrogen (secondary N) is 1. The van der Waals surface area contributed by atoms with Crippen LogP contribution in [0.2, 0.25) is 0 Å². The van der Waals surface area contributed by atoms with Crippen LogP contribution in [0.3, 0.4) is 0 Å². The van der Waals surface area contributed by atoms with E-state index in [1.165, 1.54) is 11.3 Å². The highest BCUT2D eigenvalue weighted by Gasteiger charge is 2.54. The van der Waals surface area contributed by atoms with Gasteiger partial charge in [-0.2, -0.15) is 5.10 Å². The topological polar surface area (TPSA) is 111 Å². The normalized spacial score (nSPS) is 24.7. The molecule has 11 heteroatoms. The first-order chi connectivity index (χ1) is 15.7. The summed E-state index contributed by atoms with van der Waals surface area (Å²) >= 11 is 1.37. The highest BCUT2D eigenvalue weighted by molar-refractivity contribution is 7.11. The lowest BCUT2D eigenvalue weighted by molar-refractivity contribution is -0.0396. The molecule has 2 atom stereocenters. The predicted molar refractivity (Wildman–Crippen MR) is 114 cm³/mol. The SMILES string of the molecule is O=C(c1cncs1)N1CC(c2nnc(Cc3ccn(C4CCCCO4)n3)o2)C2(CNC2)C1. The summed E-state index contributed by atoms with van der Waals surface area (Å²) in [7, 11) is 0. The molecule has 168 valence electrons. The van der Waals surface area contributed by atoms with Crippen LogP contribution in [-0.4, -0.2) is 68.6 Å². The number of ether oxygens (including phenoxy) is 1. The first kappa shape index (κ1) is 20.0. The molecule has 1 spiro atoms. The Hall–Kier alpha value is -2.63. The molecule has 3 aromatic rings. The number of hydrogen-bond acceptors (Lipinski definition) is 9. The summed E-state index contributed by atoms with van der Waals surface area (Å²) in [5.74, 6) is 1.20. The number of hydrogen-bond donors (Lipinski definition) is 1. The van der Waals surface area contributed by atoms with Crippen LogP contribution in [0, 0.1) is 5.41 Å². The van der Waals surface area contributed by atoms with Crippen molar-refractivity contribution in [2.45, 2.75) is 37.8 Å². The molecule has 1 amide bonds. The van der Waals surface area contributed by atoms with E-state index in [0.717, 1.165) is 44.7 Å². The lowest BCUT2D eigenvalue weighted by Gasteiger charge is -2.42. The molecular formula is C21H25N7O3S. The molecule has 1 N–H and O–H groups in total. The van der Waals surface area contributed by atoms with Crippen LogP contribution in [0.1, 0.15) is 58.6 Å². The van der Waals surface area contributed by atoms with E-state index in [1.54, 1.807) is 11.7 Å². The fraction of sp³-hybridized carbons (Fsp3) is 0.571. The second-order valence-electron chi connectivity index (χ2n) is 8.89. The van der Waals surface area contributed by atoms with Crippen molar-refractivity contribution in [2.24, 2.45) is 5.41 Å². The van der Waals surface area contributed by atoms with Gasteiger partial charge in [0.05, 0.1) is 29.7 Å². The van der Waals surface area contributed by atoms with Gasteiger partial charge in [-0.3, -0.25) is 9.78 Å². The highest BCUT2D eigenvalue weighted by atomic mass is 32.1. The van der Waals surface area contributed by atoms with Gasteiger partial charge in [0, 0.05) is 44.4 Å². The Morgan fingerprint density at radius 3 is 3.00 bits per heavy atom. The molecule has 3 aliphatic rings. The Morgan fingerprint density at radius 1 is 1.31 bits per heavy atom. The largest absolute Gasteiger partial charge is 0.424 e. The third-order valence-electron chi connectivity index (χ3n) is 6.76. The van der Waals surface area contributed by atoms with E-state index in [4.69, 9.17) is 9.15 Å². The van der Waals surface area contributed by atoms with E-state index in [1.807, 2.05) is 21.8 Å². The minimum atomic E-state index is -0.0515. The molecule has 0 bridgehead atoms. The zero-order valence-electron chi connectivity index (χ0n) is 17.6. The third-order valence-corrected chi connectivity index (χ3v) is 7.52. The summed E-state index contributed by atoms with van der Waals surface area (Å²) in [5.41, 5.74) is 2.51. The van der Waals surface area contributed by atoms with Crippen molar-refractivity contribution in [3.63, 3.8) is 0 Å². The quantitative estimate of drug-likeness (QED) is 0.620. The van der Waals surface area contributed by atoms with E-state index in [2.05, 4.69) is 25.6 Å². The Bertz CT molecular complexity index is 1080. The molecule has 3 saturated heterocycles. The maximum atomic E-state index is 12.9. The summed E-state index contributed by atoms with van der Waals surface area (Å²) in [5, 5.41) is 16.7. The fourth-order valence-electron chi connectivity index (χ4n) is 4.94. The second kappa shape index (κ2) is 8.05. The second-order valence-corrected chi connectivity index (χ2v) is 9.78. The number of rotatable bonds is 5. The van der Waals surface area contributed by atoms with Crippen LogP contribution in [0.5, 0.6) is 0 Å². The Kier molecular flexibility index (Phi) is 5.04. The van der Waals surface area contributed by atoms with Crippen LogP contribution in [0.15, 0.2) is 28.4 Å². The van der Waals surface area contributed by atoms with E-state index in [0.29, 0.717) is 36.2 Å². The third kappa shape index (κ3) is 3.54. The van der Waals surface area contributed by atoms with Gasteiger partial charge >= 0.3 is 0 Å². The van der Waals surface area contributed by atoms with Gasteiger partial charge in [0.1, 0.15) is 11.1 Å². The van der Waals surface area contributed by atoms with Crippen molar-refractivity contribution in [3.05, 3.63) is 46.3 Å². The number of aromatic nitrogens is 5. The maximum absolute atomic E-state index is 12.9. The van der Waals surface area contributed by atoms with Crippen LogP contribution in [0.25, 0.3) is 0 Å².